The van der Waals surface area contributed by atoms with Crippen LogP contribution >= 0.6 is 0 Å². The first-order chi connectivity index (χ1) is 14.6. The van der Waals surface area contributed by atoms with Crippen molar-refractivity contribution in [2.45, 2.75) is 33.6 Å². The zero-order chi connectivity index (χ0) is 23.4. The van der Waals surface area contributed by atoms with Gasteiger partial charge in [0.05, 0.1) is 6.42 Å². The Labute approximate surface area is 180 Å². The first-order valence-electron chi connectivity index (χ1n) is 9.45. The Kier molecular flexibility index (Phi) is 10.2. The second kappa shape index (κ2) is 12.6. The average Bonchev–Trinajstić information content (AvgIpc) is 2.69. The summed E-state index contributed by atoms with van der Waals surface area (Å²) in [5.74, 6) is -2.83. The van der Waals surface area contributed by atoms with Gasteiger partial charge in [0, 0.05) is 29.9 Å². The largest absolute Gasteiger partial charge is 0.481 e. The van der Waals surface area contributed by atoms with Gasteiger partial charge in [-0.2, -0.15) is 0 Å². The lowest BCUT2D eigenvalue weighted by Crippen LogP contribution is -2.15. The highest BCUT2D eigenvalue weighted by Crippen LogP contribution is 2.22. The molecule has 0 saturated carbocycles. The smallest absolute Gasteiger partial charge is 0.328 e. The molecule has 0 fully saturated rings. The molecule has 0 radical (unpaired) electrons. The van der Waals surface area contributed by atoms with E-state index in [2.05, 4.69) is 10.6 Å². The predicted molar refractivity (Wildman–Crippen MR) is 118 cm³/mol. The lowest BCUT2D eigenvalue weighted by Gasteiger charge is -2.12. The number of carboxylic acids is 2. The van der Waals surface area contributed by atoms with Crippen molar-refractivity contribution < 1.29 is 29.4 Å². The van der Waals surface area contributed by atoms with E-state index < -0.39 is 17.8 Å². The first kappa shape index (κ1) is 25.1. The minimum absolute atomic E-state index is 0.00207. The molecule has 0 saturated heterocycles. The van der Waals surface area contributed by atoms with Crippen LogP contribution < -0.4 is 10.6 Å². The van der Waals surface area contributed by atoms with Crippen LogP contribution in [0.25, 0.3) is 0 Å². The quantitative estimate of drug-likeness (QED) is 0.499. The number of aryl methyl sites for hydroxylation is 3. The number of amides is 2. The van der Waals surface area contributed by atoms with Crippen molar-refractivity contribution >= 4 is 35.1 Å². The Bertz CT molecular complexity index is 944. The van der Waals surface area contributed by atoms with Gasteiger partial charge in [-0.05, 0) is 44.0 Å². The summed E-state index contributed by atoms with van der Waals surface area (Å²) in [5, 5.41) is 22.0. The number of rotatable bonds is 7. The Morgan fingerprint density at radius 3 is 1.94 bits per heavy atom. The third-order valence-electron chi connectivity index (χ3n) is 3.93. The third kappa shape index (κ3) is 10.4. The number of hydrogen-bond donors (Lipinski definition) is 4. The van der Waals surface area contributed by atoms with E-state index in [9.17, 15) is 19.2 Å². The summed E-state index contributed by atoms with van der Waals surface area (Å²) < 4.78 is 0. The van der Waals surface area contributed by atoms with Crippen LogP contribution in [0.2, 0.25) is 0 Å². The highest BCUT2D eigenvalue weighted by atomic mass is 16.4. The van der Waals surface area contributed by atoms with E-state index in [1.807, 2.05) is 39.0 Å². The van der Waals surface area contributed by atoms with Crippen LogP contribution in [0.3, 0.4) is 0 Å². The molecule has 4 N–H and O–H groups in total. The van der Waals surface area contributed by atoms with Crippen molar-refractivity contribution in [1.82, 2.24) is 0 Å². The van der Waals surface area contributed by atoms with Crippen molar-refractivity contribution in [3.05, 3.63) is 71.3 Å². The van der Waals surface area contributed by atoms with Crippen LogP contribution in [0.4, 0.5) is 11.4 Å². The number of para-hydroxylation sites is 1. The van der Waals surface area contributed by atoms with Crippen LogP contribution in [-0.2, 0) is 19.2 Å². The highest BCUT2D eigenvalue weighted by Gasteiger charge is 2.09. The van der Waals surface area contributed by atoms with Crippen molar-refractivity contribution in [2.24, 2.45) is 0 Å². The monoisotopic (exact) mass is 426 g/mol. The standard InChI is InChI=1S/C13H17NO3.C10H9NO3/c1-8-6-9(2)13(10(3)7-8)14-11(15)4-5-12(16)17;12-9(6-7-10(13)14)11-8-4-2-1-3-5-8/h6-7H,4-5H2,1-3H3,(H,14,15)(H,16,17);1-7H,(H,11,12)(H,13,14). The lowest BCUT2D eigenvalue weighted by molar-refractivity contribution is -0.138. The fraction of sp³-hybridized carbons (Fsp3) is 0.217. The van der Waals surface area contributed by atoms with Crippen LogP contribution in [0.5, 0.6) is 0 Å². The first-order valence-corrected chi connectivity index (χ1v) is 9.45. The van der Waals surface area contributed by atoms with Gasteiger partial charge in [-0.1, -0.05) is 35.9 Å². The molecule has 0 aliphatic rings. The predicted octanol–water partition coefficient (Wildman–Crippen LogP) is 3.68. The molecule has 0 spiro atoms. The second-order valence-corrected chi connectivity index (χ2v) is 6.74. The molecular weight excluding hydrogens is 400 g/mol. The molecule has 2 rings (SSSR count). The van der Waals surface area contributed by atoms with Gasteiger partial charge in [-0.3, -0.25) is 14.4 Å². The summed E-state index contributed by atoms with van der Waals surface area (Å²) in [4.78, 5) is 43.0. The van der Waals surface area contributed by atoms with Gasteiger partial charge in [0.1, 0.15) is 0 Å². The SMILES string of the molecule is Cc1cc(C)c(NC(=O)CCC(=O)O)c(C)c1.O=C(O)C=CC(=O)Nc1ccccc1. The van der Waals surface area contributed by atoms with E-state index >= 15 is 0 Å². The van der Waals surface area contributed by atoms with E-state index in [1.54, 1.807) is 24.3 Å². The van der Waals surface area contributed by atoms with Gasteiger partial charge in [-0.25, -0.2) is 4.79 Å². The molecule has 0 bridgehead atoms. The van der Waals surface area contributed by atoms with Gasteiger partial charge in [0.15, 0.2) is 0 Å². The topological polar surface area (TPSA) is 133 Å². The van der Waals surface area contributed by atoms with Crippen molar-refractivity contribution in [2.75, 3.05) is 10.6 Å². The number of aliphatic carboxylic acids is 2. The number of anilines is 2. The van der Waals surface area contributed by atoms with E-state index in [-0.39, 0.29) is 18.7 Å². The fourth-order valence-corrected chi connectivity index (χ4v) is 2.65. The molecule has 8 nitrogen and oxygen atoms in total. The third-order valence-corrected chi connectivity index (χ3v) is 3.93. The maximum Gasteiger partial charge on any atom is 0.328 e. The maximum absolute atomic E-state index is 11.5. The molecule has 164 valence electrons. The molecule has 2 amide bonds. The highest BCUT2D eigenvalue weighted by molar-refractivity contribution is 6.02. The van der Waals surface area contributed by atoms with Gasteiger partial charge in [-0.15, -0.1) is 0 Å². The minimum atomic E-state index is -1.15. The Morgan fingerprint density at radius 1 is 0.839 bits per heavy atom. The summed E-state index contributed by atoms with van der Waals surface area (Å²) in [6.07, 6.45) is 1.62. The van der Waals surface area contributed by atoms with Crippen LogP contribution in [0.15, 0.2) is 54.6 Å². The molecule has 0 aliphatic heterocycles. The summed E-state index contributed by atoms with van der Waals surface area (Å²) in [5.41, 5.74) is 4.54. The average molecular weight is 426 g/mol. The van der Waals surface area contributed by atoms with E-state index in [0.717, 1.165) is 34.5 Å². The number of carbonyl (C=O) groups excluding carboxylic acids is 2. The number of hydrogen-bond acceptors (Lipinski definition) is 4. The molecule has 8 heteroatoms. The molecule has 0 aromatic heterocycles. The lowest BCUT2D eigenvalue weighted by atomic mass is 10.0. The van der Waals surface area contributed by atoms with Gasteiger partial charge in [0.2, 0.25) is 11.8 Å². The number of nitrogens with one attached hydrogen (secondary N) is 2. The zero-order valence-corrected chi connectivity index (χ0v) is 17.6. The maximum atomic E-state index is 11.5. The van der Waals surface area contributed by atoms with Crippen molar-refractivity contribution in [1.29, 1.82) is 0 Å². The molecule has 31 heavy (non-hydrogen) atoms. The molecule has 0 aliphatic carbocycles. The molecule has 0 unspecified atom stereocenters. The van der Waals surface area contributed by atoms with Gasteiger partial charge < -0.3 is 20.8 Å². The number of benzene rings is 2. The van der Waals surface area contributed by atoms with E-state index in [1.165, 1.54) is 0 Å². The zero-order valence-electron chi connectivity index (χ0n) is 17.6. The second-order valence-electron chi connectivity index (χ2n) is 6.74. The summed E-state index contributed by atoms with van der Waals surface area (Å²) in [6, 6.07) is 12.8. The normalized spacial score (nSPS) is 10.0. The fourth-order valence-electron chi connectivity index (χ4n) is 2.65. The molecule has 0 heterocycles. The summed E-state index contributed by atoms with van der Waals surface area (Å²) >= 11 is 0. The van der Waals surface area contributed by atoms with E-state index in [0.29, 0.717) is 5.69 Å². The number of carbonyl (C=O) groups is 4. The van der Waals surface area contributed by atoms with Crippen LogP contribution in [-0.4, -0.2) is 34.0 Å². The summed E-state index contributed by atoms with van der Waals surface area (Å²) in [7, 11) is 0. The summed E-state index contributed by atoms with van der Waals surface area (Å²) in [6.45, 7) is 5.84. The number of carboxylic acid groups (broad SMARTS) is 2. The Morgan fingerprint density at radius 2 is 1.42 bits per heavy atom. The molecule has 2 aromatic rings. The molecule has 2 aromatic carbocycles. The van der Waals surface area contributed by atoms with Crippen LogP contribution in [0.1, 0.15) is 29.5 Å². The Hall–Kier alpha value is -3.94. The molecule has 0 atom stereocenters. The van der Waals surface area contributed by atoms with Crippen LogP contribution in [0, 0.1) is 20.8 Å². The minimum Gasteiger partial charge on any atom is -0.481 e. The van der Waals surface area contributed by atoms with Crippen molar-refractivity contribution in [3.63, 3.8) is 0 Å². The van der Waals surface area contributed by atoms with E-state index in [4.69, 9.17) is 10.2 Å². The Balaban J connectivity index is 0.000000316. The van der Waals surface area contributed by atoms with Gasteiger partial charge in [0.25, 0.3) is 0 Å². The van der Waals surface area contributed by atoms with Crippen molar-refractivity contribution in [3.8, 4) is 0 Å². The van der Waals surface area contributed by atoms with Gasteiger partial charge >= 0.3 is 11.9 Å². The molecular formula is C23H26N2O6.